The van der Waals surface area contributed by atoms with Gasteiger partial charge in [0, 0.05) is 0 Å². The Balaban J connectivity index is 1.28. The first kappa shape index (κ1) is 35.3. The summed E-state index contributed by atoms with van der Waals surface area (Å²) in [6, 6.07) is 23.3. The molecule has 3 aromatic rings. The minimum absolute atomic E-state index is 0.0384. The molecule has 0 aliphatic rings. The molecule has 0 aromatic heterocycles. The number of rotatable bonds is 15. The van der Waals surface area contributed by atoms with E-state index in [1.165, 1.54) is 0 Å². The molecule has 8 nitrogen and oxygen atoms in total. The van der Waals surface area contributed by atoms with Crippen LogP contribution in [0.25, 0.3) is 11.1 Å². The molecule has 0 saturated carbocycles. The van der Waals surface area contributed by atoms with E-state index in [1.807, 2.05) is 24.3 Å². The highest BCUT2D eigenvalue weighted by atomic mass is 16.6. The van der Waals surface area contributed by atoms with Crippen molar-refractivity contribution in [2.75, 3.05) is 39.6 Å². The van der Waals surface area contributed by atoms with E-state index >= 15 is 0 Å². The first-order chi connectivity index (χ1) is 21.4. The Kier molecular flexibility index (Phi) is 13.1. The zero-order valence-corrected chi connectivity index (χ0v) is 27.3. The lowest BCUT2D eigenvalue weighted by Crippen LogP contribution is -2.34. The normalized spacial score (nSPS) is 12.2. The zero-order chi connectivity index (χ0) is 32.9. The second kappa shape index (κ2) is 16.8. The van der Waals surface area contributed by atoms with Gasteiger partial charge in [0.1, 0.15) is 24.7 Å². The summed E-state index contributed by atoms with van der Waals surface area (Å²) >= 11 is 0. The summed E-state index contributed by atoms with van der Waals surface area (Å²) in [6.07, 6.45) is 0.765. The SMILES string of the molecule is CC(C)(C)CC(C(=O)OCCOCCOCCOc1ccc(C(=O)Oc2ccc(-c3ccc(C#N)cc3)cc2)cc1)C(C)(C)C. The third kappa shape index (κ3) is 12.4. The largest absolute Gasteiger partial charge is 0.491 e. The van der Waals surface area contributed by atoms with Crippen molar-refractivity contribution >= 4 is 11.9 Å². The van der Waals surface area contributed by atoms with E-state index in [1.54, 1.807) is 48.5 Å². The topological polar surface area (TPSA) is 104 Å². The minimum atomic E-state index is -0.468. The summed E-state index contributed by atoms with van der Waals surface area (Å²) in [4.78, 5) is 25.2. The van der Waals surface area contributed by atoms with Gasteiger partial charge in [0.25, 0.3) is 0 Å². The fourth-order valence-corrected chi connectivity index (χ4v) is 4.50. The van der Waals surface area contributed by atoms with Crippen molar-refractivity contribution in [2.45, 2.75) is 48.0 Å². The van der Waals surface area contributed by atoms with E-state index in [9.17, 15) is 9.59 Å². The smallest absolute Gasteiger partial charge is 0.343 e. The highest BCUT2D eigenvalue weighted by Gasteiger charge is 2.35. The Morgan fingerprint density at radius 3 is 1.73 bits per heavy atom. The van der Waals surface area contributed by atoms with E-state index in [-0.39, 0.29) is 29.3 Å². The second-order valence-electron chi connectivity index (χ2n) is 13.1. The quantitative estimate of drug-likeness (QED) is 0.0984. The zero-order valence-electron chi connectivity index (χ0n) is 27.3. The van der Waals surface area contributed by atoms with E-state index in [0.29, 0.717) is 55.7 Å². The highest BCUT2D eigenvalue weighted by molar-refractivity contribution is 5.91. The fourth-order valence-electron chi connectivity index (χ4n) is 4.50. The molecule has 0 aliphatic carbocycles. The van der Waals surface area contributed by atoms with Crippen molar-refractivity contribution in [1.82, 2.24) is 0 Å². The van der Waals surface area contributed by atoms with E-state index in [0.717, 1.165) is 17.5 Å². The van der Waals surface area contributed by atoms with Gasteiger partial charge in [0.2, 0.25) is 0 Å². The van der Waals surface area contributed by atoms with Crippen molar-refractivity contribution in [3.05, 3.63) is 83.9 Å². The van der Waals surface area contributed by atoms with Crippen LogP contribution in [0.2, 0.25) is 0 Å². The van der Waals surface area contributed by atoms with Crippen LogP contribution >= 0.6 is 0 Å². The number of ether oxygens (including phenoxy) is 5. The number of hydrogen-bond donors (Lipinski definition) is 0. The lowest BCUT2D eigenvalue weighted by atomic mass is 9.72. The Morgan fingerprint density at radius 2 is 1.20 bits per heavy atom. The van der Waals surface area contributed by atoms with Gasteiger partial charge in [-0.15, -0.1) is 0 Å². The molecule has 1 unspecified atom stereocenters. The second-order valence-corrected chi connectivity index (χ2v) is 13.1. The van der Waals surface area contributed by atoms with Crippen LogP contribution in [0.1, 0.15) is 63.9 Å². The van der Waals surface area contributed by atoms with Gasteiger partial charge in [0.05, 0.1) is 49.5 Å². The molecular formula is C37H45NO7. The number of carbonyl (C=O) groups excluding carboxylic acids is 2. The lowest BCUT2D eigenvalue weighted by Gasteiger charge is -2.33. The maximum atomic E-state index is 12.6. The molecule has 0 spiro atoms. The molecule has 1 atom stereocenters. The molecule has 0 fully saturated rings. The highest BCUT2D eigenvalue weighted by Crippen LogP contribution is 2.36. The van der Waals surface area contributed by atoms with Crippen LogP contribution in [0.15, 0.2) is 72.8 Å². The van der Waals surface area contributed by atoms with E-state index in [2.05, 4.69) is 47.6 Å². The van der Waals surface area contributed by atoms with Gasteiger partial charge in [-0.1, -0.05) is 65.8 Å². The van der Waals surface area contributed by atoms with Crippen molar-refractivity contribution in [3.8, 4) is 28.7 Å². The van der Waals surface area contributed by atoms with Crippen LogP contribution in [-0.2, 0) is 19.0 Å². The Hall–Kier alpha value is -4.19. The van der Waals surface area contributed by atoms with Crippen LogP contribution in [-0.4, -0.2) is 51.6 Å². The average Bonchev–Trinajstić information content (AvgIpc) is 3.00. The third-order valence-electron chi connectivity index (χ3n) is 6.99. The predicted octanol–water partition coefficient (Wildman–Crippen LogP) is 7.50. The summed E-state index contributed by atoms with van der Waals surface area (Å²) in [5.74, 6) is 0.234. The minimum Gasteiger partial charge on any atom is -0.491 e. The van der Waals surface area contributed by atoms with Gasteiger partial charge in [-0.25, -0.2) is 4.79 Å². The number of carbonyl (C=O) groups is 2. The van der Waals surface area contributed by atoms with Gasteiger partial charge in [-0.2, -0.15) is 5.26 Å². The molecule has 0 N–H and O–H groups in total. The standard InChI is InChI=1S/C37H45NO7/c1-36(2,3)25-33(37(4,5)6)35(40)44-24-22-42-20-19-41-21-23-43-31-15-13-30(14-16-31)34(39)45-32-17-11-29(12-18-32)28-9-7-27(26-38)8-10-28/h7-18,33H,19-25H2,1-6H3. The number of nitriles is 1. The molecule has 0 aliphatic heterocycles. The molecule has 3 rings (SSSR count). The Morgan fingerprint density at radius 1 is 0.689 bits per heavy atom. The van der Waals surface area contributed by atoms with Crippen LogP contribution in [0.4, 0.5) is 0 Å². The first-order valence-electron chi connectivity index (χ1n) is 15.2. The summed E-state index contributed by atoms with van der Waals surface area (Å²) in [6.45, 7) is 14.6. The number of hydrogen-bond acceptors (Lipinski definition) is 8. The fraction of sp³-hybridized carbons (Fsp3) is 0.432. The van der Waals surface area contributed by atoms with E-state index in [4.69, 9.17) is 28.9 Å². The molecule has 8 heteroatoms. The van der Waals surface area contributed by atoms with Gasteiger partial charge in [-0.3, -0.25) is 4.79 Å². The maximum Gasteiger partial charge on any atom is 0.343 e. The molecule has 240 valence electrons. The van der Waals surface area contributed by atoms with Crippen LogP contribution in [0, 0.1) is 28.1 Å². The number of esters is 2. The number of benzene rings is 3. The van der Waals surface area contributed by atoms with Crippen LogP contribution < -0.4 is 9.47 Å². The Bertz CT molecular complexity index is 1390. The van der Waals surface area contributed by atoms with Gasteiger partial charge >= 0.3 is 11.9 Å². The lowest BCUT2D eigenvalue weighted by molar-refractivity contribution is -0.155. The van der Waals surface area contributed by atoms with Crippen molar-refractivity contribution in [3.63, 3.8) is 0 Å². The molecule has 0 radical (unpaired) electrons. The van der Waals surface area contributed by atoms with Crippen LogP contribution in [0.5, 0.6) is 11.5 Å². The molecule has 45 heavy (non-hydrogen) atoms. The summed E-state index contributed by atoms with van der Waals surface area (Å²) in [5, 5.41) is 8.95. The maximum absolute atomic E-state index is 12.6. The van der Waals surface area contributed by atoms with Gasteiger partial charge in [0.15, 0.2) is 0 Å². The van der Waals surface area contributed by atoms with Crippen molar-refractivity contribution in [2.24, 2.45) is 16.7 Å². The monoisotopic (exact) mass is 615 g/mol. The van der Waals surface area contributed by atoms with Crippen molar-refractivity contribution < 1.29 is 33.3 Å². The molecule has 0 saturated heterocycles. The summed E-state index contributed by atoms with van der Waals surface area (Å²) in [5.41, 5.74) is 2.80. The summed E-state index contributed by atoms with van der Waals surface area (Å²) in [7, 11) is 0. The first-order valence-corrected chi connectivity index (χ1v) is 15.2. The number of nitrogens with zero attached hydrogens (tertiary/aromatic N) is 1. The molecule has 0 bridgehead atoms. The van der Waals surface area contributed by atoms with Crippen molar-refractivity contribution in [1.29, 1.82) is 5.26 Å². The van der Waals surface area contributed by atoms with E-state index < -0.39 is 5.97 Å². The molecule has 3 aromatic carbocycles. The third-order valence-corrected chi connectivity index (χ3v) is 6.99. The summed E-state index contributed by atoms with van der Waals surface area (Å²) < 4.78 is 27.8. The van der Waals surface area contributed by atoms with Crippen LogP contribution in [0.3, 0.4) is 0 Å². The van der Waals surface area contributed by atoms with Gasteiger partial charge in [-0.05, 0) is 76.9 Å². The molecule has 0 heterocycles. The van der Waals surface area contributed by atoms with Gasteiger partial charge < -0.3 is 23.7 Å². The average molecular weight is 616 g/mol. The molecule has 0 amide bonds. The predicted molar refractivity (Wildman–Crippen MR) is 173 cm³/mol. The molecular weight excluding hydrogens is 570 g/mol. The Labute approximate surface area is 267 Å².